The third-order valence-corrected chi connectivity index (χ3v) is 5.81. The molecule has 5 atom stereocenters. The molecule has 4 rings (SSSR count). The van der Waals surface area contributed by atoms with Gasteiger partial charge in [-0.25, -0.2) is 0 Å². The van der Waals surface area contributed by atoms with Crippen molar-refractivity contribution in [3.05, 3.63) is 24.0 Å². The number of fused-ring (bicyclic) bond motifs is 5. The first-order chi connectivity index (χ1) is 8.83. The van der Waals surface area contributed by atoms with Crippen LogP contribution in [0.3, 0.4) is 0 Å². The Morgan fingerprint density at radius 3 is 2.94 bits per heavy atom. The minimum Gasteiger partial charge on any atom is -0.381 e. The molecule has 3 saturated carbocycles. The summed E-state index contributed by atoms with van der Waals surface area (Å²) in [5, 5.41) is 3.79. The van der Waals surface area contributed by atoms with Crippen LogP contribution in [-0.2, 0) is 0 Å². The van der Waals surface area contributed by atoms with Crippen LogP contribution < -0.4 is 5.32 Å². The van der Waals surface area contributed by atoms with Crippen molar-refractivity contribution in [1.82, 2.24) is 4.98 Å². The lowest BCUT2D eigenvalue weighted by atomic mass is 9.79. The minimum atomic E-state index is 0.720. The van der Waals surface area contributed by atoms with Gasteiger partial charge in [-0.3, -0.25) is 4.98 Å². The third-order valence-electron chi connectivity index (χ3n) is 5.81. The average molecular weight is 242 g/mol. The van der Waals surface area contributed by atoms with Gasteiger partial charge in [0, 0.05) is 12.2 Å². The highest BCUT2D eigenvalue weighted by molar-refractivity contribution is 5.49. The number of nitrogens with zero attached hydrogens (tertiary/aromatic N) is 1. The molecule has 2 heteroatoms. The molecule has 2 nitrogen and oxygen atoms in total. The van der Waals surface area contributed by atoms with Crippen molar-refractivity contribution in [2.24, 2.45) is 23.7 Å². The predicted molar refractivity (Wildman–Crippen MR) is 73.4 cm³/mol. The van der Waals surface area contributed by atoms with Crippen molar-refractivity contribution in [2.75, 3.05) is 5.32 Å². The molecule has 0 radical (unpaired) electrons. The predicted octanol–water partition coefficient (Wildman–Crippen LogP) is 3.63. The van der Waals surface area contributed by atoms with E-state index in [0.29, 0.717) is 0 Å². The molecule has 0 aromatic carbocycles. The summed E-state index contributed by atoms with van der Waals surface area (Å²) >= 11 is 0. The molecule has 18 heavy (non-hydrogen) atoms. The van der Waals surface area contributed by atoms with E-state index >= 15 is 0 Å². The molecule has 1 N–H and O–H groups in total. The van der Waals surface area contributed by atoms with E-state index in [4.69, 9.17) is 0 Å². The van der Waals surface area contributed by atoms with E-state index < -0.39 is 0 Å². The molecule has 3 aliphatic carbocycles. The van der Waals surface area contributed by atoms with E-state index in [1.54, 1.807) is 0 Å². The highest BCUT2D eigenvalue weighted by Gasteiger charge is 2.53. The standard InChI is InChI=1S/C16H22N2/c1-10-5-6-17-9-16(10)18-15-8-11-7-14(15)13-4-2-3-12(11)13/h5-6,9,11-15,18H,2-4,7-8H2,1H3. The normalized spacial score (nSPS) is 41.1. The van der Waals surface area contributed by atoms with Crippen LogP contribution in [0.25, 0.3) is 0 Å². The van der Waals surface area contributed by atoms with Gasteiger partial charge in [0.15, 0.2) is 0 Å². The summed E-state index contributed by atoms with van der Waals surface area (Å²) in [6.45, 7) is 2.18. The van der Waals surface area contributed by atoms with E-state index in [-0.39, 0.29) is 0 Å². The third kappa shape index (κ3) is 1.51. The number of hydrogen-bond acceptors (Lipinski definition) is 2. The topological polar surface area (TPSA) is 24.9 Å². The maximum atomic E-state index is 4.25. The van der Waals surface area contributed by atoms with Gasteiger partial charge in [0.05, 0.1) is 11.9 Å². The second kappa shape index (κ2) is 3.97. The van der Waals surface area contributed by atoms with Crippen molar-refractivity contribution < 1.29 is 0 Å². The van der Waals surface area contributed by atoms with Crippen molar-refractivity contribution in [1.29, 1.82) is 0 Å². The number of aromatic nitrogens is 1. The molecule has 1 aromatic heterocycles. The van der Waals surface area contributed by atoms with Crippen LogP contribution >= 0.6 is 0 Å². The SMILES string of the molecule is Cc1ccncc1NC1CC2CC1C1CCCC21. The van der Waals surface area contributed by atoms with Crippen LogP contribution in [0.4, 0.5) is 5.69 Å². The van der Waals surface area contributed by atoms with Gasteiger partial charge < -0.3 is 5.32 Å². The quantitative estimate of drug-likeness (QED) is 0.856. The van der Waals surface area contributed by atoms with Gasteiger partial charge in [-0.05, 0) is 67.9 Å². The van der Waals surface area contributed by atoms with Crippen molar-refractivity contribution in [2.45, 2.75) is 45.1 Å². The second-order valence-electron chi connectivity index (χ2n) is 6.60. The molecule has 0 spiro atoms. The van der Waals surface area contributed by atoms with Crippen LogP contribution in [0.5, 0.6) is 0 Å². The van der Waals surface area contributed by atoms with Gasteiger partial charge in [0.1, 0.15) is 0 Å². The molecule has 3 fully saturated rings. The summed E-state index contributed by atoms with van der Waals surface area (Å²) in [6, 6.07) is 2.82. The number of anilines is 1. The number of rotatable bonds is 2. The van der Waals surface area contributed by atoms with Gasteiger partial charge >= 0.3 is 0 Å². The van der Waals surface area contributed by atoms with Gasteiger partial charge in [-0.1, -0.05) is 6.42 Å². The van der Waals surface area contributed by atoms with Crippen molar-refractivity contribution in [3.8, 4) is 0 Å². The summed E-state index contributed by atoms with van der Waals surface area (Å²) in [5.41, 5.74) is 2.58. The second-order valence-corrected chi connectivity index (χ2v) is 6.60. The van der Waals surface area contributed by atoms with E-state index in [1.807, 2.05) is 12.4 Å². The Morgan fingerprint density at radius 2 is 2.06 bits per heavy atom. The maximum Gasteiger partial charge on any atom is 0.0558 e. The van der Waals surface area contributed by atoms with Gasteiger partial charge in [-0.2, -0.15) is 0 Å². The Balaban J connectivity index is 1.53. The first-order valence-electron chi connectivity index (χ1n) is 7.50. The molecule has 96 valence electrons. The average Bonchev–Trinajstić information content (AvgIpc) is 3.03. The lowest BCUT2D eigenvalue weighted by Gasteiger charge is -2.33. The van der Waals surface area contributed by atoms with Crippen LogP contribution in [0.1, 0.15) is 37.7 Å². The lowest BCUT2D eigenvalue weighted by Crippen LogP contribution is -2.34. The van der Waals surface area contributed by atoms with E-state index in [0.717, 1.165) is 29.7 Å². The zero-order chi connectivity index (χ0) is 12.1. The largest absolute Gasteiger partial charge is 0.381 e. The summed E-state index contributed by atoms with van der Waals surface area (Å²) in [5.74, 6) is 4.10. The summed E-state index contributed by atoms with van der Waals surface area (Å²) < 4.78 is 0. The smallest absolute Gasteiger partial charge is 0.0558 e. The first kappa shape index (κ1) is 10.8. The Morgan fingerprint density at radius 1 is 1.17 bits per heavy atom. The highest BCUT2D eigenvalue weighted by atomic mass is 15.0. The Bertz CT molecular complexity index is 456. The van der Waals surface area contributed by atoms with Crippen molar-refractivity contribution in [3.63, 3.8) is 0 Å². The fraction of sp³-hybridized carbons (Fsp3) is 0.688. The van der Waals surface area contributed by atoms with Gasteiger partial charge in [-0.15, -0.1) is 0 Å². The van der Waals surface area contributed by atoms with Gasteiger partial charge in [0.2, 0.25) is 0 Å². The Labute approximate surface area is 109 Å². The van der Waals surface area contributed by atoms with Crippen LogP contribution in [-0.4, -0.2) is 11.0 Å². The molecule has 3 aliphatic rings. The minimum absolute atomic E-state index is 0.720. The molecule has 1 aromatic rings. The van der Waals surface area contributed by atoms with Crippen molar-refractivity contribution >= 4 is 5.69 Å². The van der Waals surface area contributed by atoms with E-state index in [9.17, 15) is 0 Å². The van der Waals surface area contributed by atoms with Gasteiger partial charge in [0.25, 0.3) is 0 Å². The fourth-order valence-electron chi connectivity index (χ4n) is 5.05. The molecular formula is C16H22N2. The number of nitrogens with one attached hydrogen (secondary N) is 1. The fourth-order valence-corrected chi connectivity index (χ4v) is 5.05. The molecule has 0 amide bonds. The monoisotopic (exact) mass is 242 g/mol. The number of hydrogen-bond donors (Lipinski definition) is 1. The number of aryl methyl sites for hydroxylation is 1. The molecule has 5 unspecified atom stereocenters. The Kier molecular flexibility index (Phi) is 2.39. The first-order valence-corrected chi connectivity index (χ1v) is 7.50. The summed E-state index contributed by atoms with van der Waals surface area (Å²) in [6.07, 6.45) is 11.3. The molecular weight excluding hydrogens is 220 g/mol. The lowest BCUT2D eigenvalue weighted by molar-refractivity contribution is 0.243. The zero-order valence-corrected chi connectivity index (χ0v) is 11.1. The van der Waals surface area contributed by atoms with E-state index in [2.05, 4.69) is 23.3 Å². The van der Waals surface area contributed by atoms with Crippen LogP contribution in [0, 0.1) is 30.6 Å². The summed E-state index contributed by atoms with van der Waals surface area (Å²) in [7, 11) is 0. The maximum absolute atomic E-state index is 4.25. The van der Waals surface area contributed by atoms with Crippen LogP contribution in [0.15, 0.2) is 18.5 Å². The Hall–Kier alpha value is -1.05. The van der Waals surface area contributed by atoms with Crippen LogP contribution in [0.2, 0.25) is 0 Å². The highest BCUT2D eigenvalue weighted by Crippen LogP contribution is 2.59. The molecule has 0 saturated heterocycles. The molecule has 0 aliphatic heterocycles. The van der Waals surface area contributed by atoms with E-state index in [1.165, 1.54) is 43.4 Å². The number of pyridine rings is 1. The molecule has 2 bridgehead atoms. The zero-order valence-electron chi connectivity index (χ0n) is 11.1. The molecule has 1 heterocycles. The summed E-state index contributed by atoms with van der Waals surface area (Å²) in [4.78, 5) is 4.25.